The molecule has 0 N–H and O–H groups in total. The molecule has 0 amide bonds. The molecule has 0 unspecified atom stereocenters. The molecule has 6 heteroatoms. The first kappa shape index (κ1) is 16.3. The van der Waals surface area contributed by atoms with Crippen LogP contribution in [0, 0.1) is 7.14 Å². The Balaban J connectivity index is 2.02. The van der Waals surface area contributed by atoms with Gasteiger partial charge in [0.15, 0.2) is 0 Å². The highest BCUT2D eigenvalue weighted by Gasteiger charge is 2.18. The molecule has 4 rings (SSSR count). The molecule has 0 saturated carbocycles. The molecule has 0 aliphatic heterocycles. The third-order valence-electron chi connectivity index (χ3n) is 3.39. The lowest BCUT2D eigenvalue weighted by Crippen LogP contribution is -1.75. The van der Waals surface area contributed by atoms with Crippen LogP contribution in [0.2, 0.25) is 0 Å². The van der Waals surface area contributed by atoms with Crippen molar-refractivity contribution >= 4 is 120 Å². The third kappa shape index (κ3) is 2.71. The van der Waals surface area contributed by atoms with Crippen LogP contribution >= 0.6 is 99.7 Å². The summed E-state index contributed by atoms with van der Waals surface area (Å²) in [6, 6.07) is 13.1. The molecule has 110 valence electrons. The van der Waals surface area contributed by atoms with Crippen molar-refractivity contribution in [2.24, 2.45) is 0 Å². The molecule has 0 aliphatic rings. The largest absolute Gasteiger partial charge is 0.133 e. The molecular weight excluding hydrogens is 670 g/mol. The quantitative estimate of drug-likeness (QED) is 0.178. The zero-order valence-corrected chi connectivity index (χ0v) is 19.9. The highest BCUT2D eigenvalue weighted by atomic mass is 127. The average molecular weight is 676 g/mol. The molecule has 2 aromatic heterocycles. The molecule has 0 nitrogen and oxygen atoms in total. The highest BCUT2D eigenvalue weighted by Crippen LogP contribution is 2.47. The van der Waals surface area contributed by atoms with Crippen molar-refractivity contribution in [1.29, 1.82) is 0 Å². The molecule has 4 aromatic rings. The van der Waals surface area contributed by atoms with Gasteiger partial charge in [-0.05, 0) is 69.4 Å². The van der Waals surface area contributed by atoms with E-state index in [1.54, 1.807) is 0 Å². The van der Waals surface area contributed by atoms with E-state index in [9.17, 15) is 0 Å². The van der Waals surface area contributed by atoms with Crippen molar-refractivity contribution in [3.05, 3.63) is 52.5 Å². The number of benzene rings is 2. The van der Waals surface area contributed by atoms with Gasteiger partial charge in [-0.2, -0.15) is 0 Å². The van der Waals surface area contributed by atoms with Crippen molar-refractivity contribution in [3.63, 3.8) is 0 Å². The lowest BCUT2D eigenvalue weighted by atomic mass is 10.2. The maximum atomic E-state index is 3.57. The van der Waals surface area contributed by atoms with Crippen LogP contribution in [0.5, 0.6) is 0 Å². The zero-order valence-electron chi connectivity index (χ0n) is 10.8. The Morgan fingerprint density at radius 1 is 0.682 bits per heavy atom. The van der Waals surface area contributed by atoms with Gasteiger partial charge >= 0.3 is 0 Å². The second kappa shape index (κ2) is 6.25. The fourth-order valence-electron chi connectivity index (χ4n) is 2.37. The SMILES string of the molecule is Brc1ccc2c(I)c(-c3sc4cc(Br)ccc4c3I)sc2c1. The minimum absolute atomic E-state index is 1.14. The van der Waals surface area contributed by atoms with E-state index in [-0.39, 0.29) is 0 Å². The lowest BCUT2D eigenvalue weighted by Gasteiger charge is -1.96. The summed E-state index contributed by atoms with van der Waals surface area (Å²) >= 11 is 15.9. The van der Waals surface area contributed by atoms with E-state index in [0.717, 1.165) is 8.95 Å². The van der Waals surface area contributed by atoms with Gasteiger partial charge in [-0.1, -0.05) is 44.0 Å². The maximum absolute atomic E-state index is 3.57. The smallest absolute Gasteiger partial charge is 0.0599 e. The van der Waals surface area contributed by atoms with Crippen LogP contribution in [-0.4, -0.2) is 0 Å². The van der Waals surface area contributed by atoms with Gasteiger partial charge in [-0.15, -0.1) is 22.7 Å². The van der Waals surface area contributed by atoms with Crippen molar-refractivity contribution in [3.8, 4) is 9.75 Å². The van der Waals surface area contributed by atoms with Gasteiger partial charge in [0, 0.05) is 36.3 Å². The van der Waals surface area contributed by atoms with E-state index in [1.165, 1.54) is 37.1 Å². The van der Waals surface area contributed by atoms with E-state index < -0.39 is 0 Å². The number of rotatable bonds is 1. The second-order valence-corrected chi connectivity index (χ2v) is 10.9. The molecule has 0 aliphatic carbocycles. The van der Waals surface area contributed by atoms with E-state index in [2.05, 4.69) is 113 Å². The normalized spacial score (nSPS) is 11.6. The Hall–Kier alpha value is 0.780. The lowest BCUT2D eigenvalue weighted by molar-refractivity contribution is 1.74. The zero-order chi connectivity index (χ0) is 15.4. The van der Waals surface area contributed by atoms with Gasteiger partial charge in [-0.25, -0.2) is 0 Å². The van der Waals surface area contributed by atoms with Crippen LogP contribution in [-0.2, 0) is 0 Å². The fourth-order valence-corrected chi connectivity index (χ4v) is 8.68. The topological polar surface area (TPSA) is 0 Å². The van der Waals surface area contributed by atoms with Crippen LogP contribution in [0.3, 0.4) is 0 Å². The van der Waals surface area contributed by atoms with Crippen molar-refractivity contribution < 1.29 is 0 Å². The number of halogens is 4. The average Bonchev–Trinajstić information content (AvgIpc) is 2.96. The van der Waals surface area contributed by atoms with Crippen LogP contribution in [0.1, 0.15) is 0 Å². The minimum atomic E-state index is 1.14. The predicted octanol–water partition coefficient (Wildman–Crippen LogP) is 8.52. The first-order valence-corrected chi connectivity index (χ1v) is 11.7. The summed E-state index contributed by atoms with van der Waals surface area (Å²) in [5, 5.41) is 2.69. The molecule has 0 fully saturated rings. The van der Waals surface area contributed by atoms with E-state index in [4.69, 9.17) is 0 Å². The van der Waals surface area contributed by atoms with Crippen molar-refractivity contribution in [1.82, 2.24) is 0 Å². The highest BCUT2D eigenvalue weighted by molar-refractivity contribution is 14.1. The third-order valence-corrected chi connectivity index (χ3v) is 9.82. The minimum Gasteiger partial charge on any atom is -0.133 e. The molecule has 2 aromatic carbocycles. The fraction of sp³-hybridized carbons (Fsp3) is 0. The summed E-state index contributed by atoms with van der Waals surface area (Å²) < 4.78 is 7.66. The van der Waals surface area contributed by atoms with Crippen molar-refractivity contribution in [2.75, 3.05) is 0 Å². The standard InChI is InChI=1S/C16H6Br2I2S2/c17-7-1-3-9-11(5-7)21-15(13(9)19)16-14(20)10-4-2-8(18)6-12(10)22-16/h1-6H. The second-order valence-electron chi connectivity index (χ2n) is 4.77. The summed E-state index contributed by atoms with van der Waals surface area (Å²) in [6.45, 7) is 0. The van der Waals surface area contributed by atoms with Gasteiger partial charge in [0.25, 0.3) is 0 Å². The van der Waals surface area contributed by atoms with Crippen molar-refractivity contribution in [2.45, 2.75) is 0 Å². The van der Waals surface area contributed by atoms with E-state index >= 15 is 0 Å². The van der Waals surface area contributed by atoms with Gasteiger partial charge in [0.2, 0.25) is 0 Å². The number of thiophene rings is 2. The Morgan fingerprint density at radius 2 is 1.09 bits per heavy atom. The molecule has 0 atom stereocenters. The predicted molar refractivity (Wildman–Crippen MR) is 123 cm³/mol. The maximum Gasteiger partial charge on any atom is 0.0599 e. The van der Waals surface area contributed by atoms with E-state index in [0.29, 0.717) is 0 Å². The number of fused-ring (bicyclic) bond motifs is 2. The van der Waals surface area contributed by atoms with Gasteiger partial charge in [0.1, 0.15) is 0 Å². The summed E-state index contributed by atoms with van der Waals surface area (Å²) in [7, 11) is 0. The summed E-state index contributed by atoms with van der Waals surface area (Å²) in [5.74, 6) is 0. The molecule has 0 spiro atoms. The summed E-state index contributed by atoms with van der Waals surface area (Å²) in [6.07, 6.45) is 0. The molecule has 0 bridgehead atoms. The number of hydrogen-bond donors (Lipinski definition) is 0. The monoisotopic (exact) mass is 674 g/mol. The van der Waals surface area contributed by atoms with Gasteiger partial charge < -0.3 is 0 Å². The first-order valence-electron chi connectivity index (χ1n) is 6.30. The Morgan fingerprint density at radius 3 is 1.50 bits per heavy atom. The molecule has 22 heavy (non-hydrogen) atoms. The number of hydrogen-bond acceptors (Lipinski definition) is 2. The summed E-state index contributed by atoms with van der Waals surface area (Å²) in [4.78, 5) is 2.77. The van der Waals surface area contributed by atoms with E-state index in [1.807, 2.05) is 22.7 Å². The molecular formula is C16H6Br2I2S2. The van der Waals surface area contributed by atoms with Crippen LogP contribution in [0.4, 0.5) is 0 Å². The van der Waals surface area contributed by atoms with Crippen LogP contribution < -0.4 is 0 Å². The Kier molecular flexibility index (Phi) is 4.62. The van der Waals surface area contributed by atoms with Crippen LogP contribution in [0.25, 0.3) is 29.9 Å². The molecule has 2 heterocycles. The Labute approximate surface area is 179 Å². The van der Waals surface area contributed by atoms with Gasteiger partial charge in [-0.3, -0.25) is 0 Å². The molecule has 0 radical (unpaired) electrons. The molecule has 0 saturated heterocycles. The van der Waals surface area contributed by atoms with Crippen LogP contribution in [0.15, 0.2) is 45.3 Å². The van der Waals surface area contributed by atoms with Gasteiger partial charge in [0.05, 0.1) is 9.75 Å². The summed E-state index contributed by atoms with van der Waals surface area (Å²) in [5.41, 5.74) is 0. The Bertz CT molecular complexity index is 950. The first-order chi connectivity index (χ1) is 10.5.